The van der Waals surface area contributed by atoms with Gasteiger partial charge in [0.05, 0.1) is 13.2 Å². The van der Waals surface area contributed by atoms with Crippen LogP contribution in [0, 0.1) is 0 Å². The van der Waals surface area contributed by atoms with Gasteiger partial charge in [-0.15, -0.1) is 0 Å². The molecule has 0 saturated heterocycles. The quantitative estimate of drug-likeness (QED) is 0.550. The van der Waals surface area contributed by atoms with Crippen LogP contribution in [0.25, 0.3) is 0 Å². The van der Waals surface area contributed by atoms with Gasteiger partial charge in [0.2, 0.25) is 8.38 Å². The molecule has 0 radical (unpaired) electrons. The monoisotopic (exact) mass is 238 g/mol. The van der Waals surface area contributed by atoms with Crippen LogP contribution in [-0.4, -0.2) is 16.7 Å². The third kappa shape index (κ3) is 5.46. The van der Waals surface area contributed by atoms with Gasteiger partial charge in [0.1, 0.15) is 0 Å². The first kappa shape index (κ1) is 12.2. The van der Waals surface area contributed by atoms with Gasteiger partial charge in [0.25, 0.3) is 3.53 Å². The molecule has 0 N–H and O–H groups in total. The lowest BCUT2D eigenvalue weighted by Crippen LogP contribution is -2.05. The van der Waals surface area contributed by atoms with E-state index in [1.54, 1.807) is 0 Å². The Balaban J connectivity index is 3.88. The van der Waals surface area contributed by atoms with E-state index in [9.17, 15) is 0 Å². The summed E-state index contributed by atoms with van der Waals surface area (Å²) in [6, 6.07) is 0. The fourth-order valence-electron chi connectivity index (χ4n) is 0.418. The first-order chi connectivity index (χ1) is 5.02. The lowest BCUT2D eigenvalue weighted by molar-refractivity contribution is 0.269. The second kappa shape index (κ2) is 5.80. The summed E-state index contributed by atoms with van der Waals surface area (Å²) < 4.78 is 8.74. The Hall–Kier alpha value is 1.22. The van der Waals surface area contributed by atoms with Gasteiger partial charge < -0.3 is 9.05 Å². The van der Waals surface area contributed by atoms with Gasteiger partial charge in [0.15, 0.2) is 0 Å². The summed E-state index contributed by atoms with van der Waals surface area (Å²) in [5.74, 6) is 0. The molecule has 0 heterocycles. The average Bonchev–Trinajstić information content (AvgIpc) is 1.85. The number of alkyl halides is 3. The molecule has 68 valence electrons. The fraction of sp³-hybridized carbons (Fsp3) is 1.00. The van der Waals surface area contributed by atoms with Gasteiger partial charge >= 0.3 is 0 Å². The molecule has 0 amide bonds. The summed E-state index contributed by atoms with van der Waals surface area (Å²) >= 11 is 16.7. The van der Waals surface area contributed by atoms with Crippen molar-refractivity contribution in [3.63, 3.8) is 0 Å². The van der Waals surface area contributed by atoms with Crippen LogP contribution < -0.4 is 0 Å². The molecule has 2 nitrogen and oxygen atoms in total. The smallest absolute Gasteiger partial charge is 0.259 e. The highest BCUT2D eigenvalue weighted by Gasteiger charge is 2.35. The van der Waals surface area contributed by atoms with E-state index in [1.807, 2.05) is 13.8 Å². The lowest BCUT2D eigenvalue weighted by atomic mass is 10.9. The highest BCUT2D eigenvalue weighted by Crippen LogP contribution is 2.59. The molecule has 11 heavy (non-hydrogen) atoms. The largest absolute Gasteiger partial charge is 0.331 e. The van der Waals surface area contributed by atoms with Crippen molar-refractivity contribution in [3.05, 3.63) is 0 Å². The predicted octanol–water partition coefficient (Wildman–Crippen LogP) is 3.70. The van der Waals surface area contributed by atoms with Crippen LogP contribution in [0.2, 0.25) is 0 Å². The molecule has 0 aromatic heterocycles. The topological polar surface area (TPSA) is 18.5 Å². The Bertz CT molecular complexity index is 100. The third-order valence-electron chi connectivity index (χ3n) is 0.700. The summed E-state index contributed by atoms with van der Waals surface area (Å²) in [6.45, 7) is 4.62. The summed E-state index contributed by atoms with van der Waals surface area (Å²) in [4.78, 5) is 0. The van der Waals surface area contributed by atoms with E-state index in [0.717, 1.165) is 0 Å². The SMILES string of the molecule is CCOP(OCC)C(Cl)(Cl)Cl. The van der Waals surface area contributed by atoms with Crippen LogP contribution in [0.5, 0.6) is 0 Å². The highest BCUT2D eigenvalue weighted by atomic mass is 35.6. The Morgan fingerprint density at radius 1 is 1.09 bits per heavy atom. The first-order valence-electron chi connectivity index (χ1n) is 3.15. The van der Waals surface area contributed by atoms with Gasteiger partial charge in [-0.05, 0) is 13.8 Å². The molecule has 0 fully saturated rings. The minimum atomic E-state index is -1.44. The predicted molar refractivity (Wildman–Crippen MR) is 50.5 cm³/mol. The molecule has 0 rings (SSSR count). The van der Waals surface area contributed by atoms with Crippen molar-refractivity contribution in [2.45, 2.75) is 17.4 Å². The van der Waals surface area contributed by atoms with E-state index in [1.165, 1.54) is 0 Å². The number of hydrogen-bond acceptors (Lipinski definition) is 2. The Kier molecular flexibility index (Phi) is 6.44. The second-order valence-electron chi connectivity index (χ2n) is 1.56. The molecule has 6 heteroatoms. The van der Waals surface area contributed by atoms with Crippen LogP contribution in [0.15, 0.2) is 0 Å². The van der Waals surface area contributed by atoms with Crippen molar-refractivity contribution in [3.8, 4) is 0 Å². The highest BCUT2D eigenvalue weighted by molar-refractivity contribution is 7.57. The fourth-order valence-corrected chi connectivity index (χ4v) is 2.13. The molecule has 0 unspecified atom stereocenters. The number of rotatable bonds is 4. The van der Waals surface area contributed by atoms with Gasteiger partial charge in [0, 0.05) is 0 Å². The zero-order chi connectivity index (χ0) is 8.91. The Morgan fingerprint density at radius 3 is 1.64 bits per heavy atom. The van der Waals surface area contributed by atoms with Crippen LogP contribution in [0.1, 0.15) is 13.8 Å². The summed E-state index contributed by atoms with van der Waals surface area (Å²) in [5.41, 5.74) is 0. The average molecular weight is 239 g/mol. The molecular formula is C5H10Cl3O2P. The molecular weight excluding hydrogens is 229 g/mol. The van der Waals surface area contributed by atoms with E-state index in [4.69, 9.17) is 43.9 Å². The standard InChI is InChI=1S/C5H10Cl3O2P/c1-3-9-11(10-4-2)5(6,7)8/h3-4H2,1-2H3. The minimum absolute atomic E-state index is 0.486. The van der Waals surface area contributed by atoms with Gasteiger partial charge in [-0.25, -0.2) is 0 Å². The maximum absolute atomic E-state index is 5.57. The second-order valence-corrected chi connectivity index (χ2v) is 6.33. The van der Waals surface area contributed by atoms with Crippen molar-refractivity contribution in [1.82, 2.24) is 0 Å². The molecule has 0 spiro atoms. The van der Waals surface area contributed by atoms with Crippen LogP contribution in [0.3, 0.4) is 0 Å². The van der Waals surface area contributed by atoms with E-state index in [-0.39, 0.29) is 0 Å². The van der Waals surface area contributed by atoms with E-state index in [2.05, 4.69) is 0 Å². The lowest BCUT2D eigenvalue weighted by Gasteiger charge is -2.21. The van der Waals surface area contributed by atoms with E-state index >= 15 is 0 Å². The van der Waals surface area contributed by atoms with Crippen LogP contribution in [-0.2, 0) is 9.05 Å². The molecule has 0 aromatic rings. The normalized spacial score (nSPS) is 12.5. The van der Waals surface area contributed by atoms with Crippen molar-refractivity contribution in [1.29, 1.82) is 0 Å². The van der Waals surface area contributed by atoms with E-state index in [0.29, 0.717) is 13.2 Å². The molecule has 0 aliphatic rings. The van der Waals surface area contributed by atoms with Gasteiger partial charge in [-0.3, -0.25) is 0 Å². The van der Waals surface area contributed by atoms with Crippen molar-refractivity contribution in [2.75, 3.05) is 13.2 Å². The van der Waals surface area contributed by atoms with Gasteiger partial charge in [-0.1, -0.05) is 34.8 Å². The maximum atomic E-state index is 5.57. The third-order valence-corrected chi connectivity index (χ3v) is 3.34. The maximum Gasteiger partial charge on any atom is 0.259 e. The number of hydrogen-bond donors (Lipinski definition) is 0. The summed E-state index contributed by atoms with van der Waals surface area (Å²) in [5, 5.41) is 0. The van der Waals surface area contributed by atoms with E-state index < -0.39 is 11.9 Å². The Labute approximate surface area is 83.0 Å². The van der Waals surface area contributed by atoms with Gasteiger partial charge in [-0.2, -0.15) is 0 Å². The zero-order valence-corrected chi connectivity index (χ0v) is 9.47. The molecule has 0 aliphatic carbocycles. The minimum Gasteiger partial charge on any atom is -0.331 e. The zero-order valence-electron chi connectivity index (χ0n) is 6.31. The van der Waals surface area contributed by atoms with Crippen molar-refractivity contribution in [2.24, 2.45) is 0 Å². The molecule has 0 atom stereocenters. The summed E-state index contributed by atoms with van der Waals surface area (Å²) in [6.07, 6.45) is 0. The molecule has 0 saturated carbocycles. The number of halogens is 3. The molecule has 0 bridgehead atoms. The van der Waals surface area contributed by atoms with Crippen LogP contribution in [0.4, 0.5) is 0 Å². The van der Waals surface area contributed by atoms with Crippen molar-refractivity contribution < 1.29 is 9.05 Å². The van der Waals surface area contributed by atoms with Crippen molar-refractivity contribution >= 4 is 43.2 Å². The molecule has 0 aromatic carbocycles. The summed E-state index contributed by atoms with van der Waals surface area (Å²) in [7, 11) is -1.41. The Morgan fingerprint density at radius 2 is 1.45 bits per heavy atom. The first-order valence-corrected chi connectivity index (χ1v) is 5.46. The molecule has 0 aliphatic heterocycles. The van der Waals surface area contributed by atoms with Crippen LogP contribution >= 0.6 is 43.2 Å².